The van der Waals surface area contributed by atoms with Crippen LogP contribution in [0.1, 0.15) is 12.8 Å². The number of hydrogen-bond donors (Lipinski definition) is 1. The lowest BCUT2D eigenvalue weighted by atomic mass is 9.97. The van der Waals surface area contributed by atoms with E-state index in [9.17, 15) is 13.2 Å². The summed E-state index contributed by atoms with van der Waals surface area (Å²) in [5, 5.41) is 3.30. The fraction of sp³-hybridized carbons (Fsp3) is 0.917. The van der Waals surface area contributed by atoms with Crippen LogP contribution in [0.15, 0.2) is 4.99 Å². The van der Waals surface area contributed by atoms with E-state index in [1.54, 1.807) is 0 Å². The Hall–Kier alpha value is -0.980. The van der Waals surface area contributed by atoms with E-state index < -0.39 is 12.7 Å². The number of alkyl halides is 3. The van der Waals surface area contributed by atoms with Gasteiger partial charge in [-0.25, -0.2) is 0 Å². The van der Waals surface area contributed by atoms with Crippen LogP contribution < -0.4 is 5.32 Å². The van der Waals surface area contributed by atoms with Crippen LogP contribution in [0.4, 0.5) is 13.2 Å². The van der Waals surface area contributed by atoms with Crippen molar-refractivity contribution in [2.75, 3.05) is 46.3 Å². The summed E-state index contributed by atoms with van der Waals surface area (Å²) in [6.45, 7) is 2.86. The Morgan fingerprint density at radius 3 is 2.47 bits per heavy atom. The van der Waals surface area contributed by atoms with Gasteiger partial charge in [0.25, 0.3) is 0 Å². The van der Waals surface area contributed by atoms with Crippen LogP contribution in [-0.2, 0) is 0 Å². The second kappa shape index (κ2) is 5.98. The van der Waals surface area contributed by atoms with E-state index >= 15 is 0 Å². The van der Waals surface area contributed by atoms with Gasteiger partial charge in [0.1, 0.15) is 0 Å². The molecule has 0 aromatic carbocycles. The SMILES string of the molecule is CN1CCN=C1NCC1CCN(CC(F)(F)F)CC1. The molecule has 2 heterocycles. The van der Waals surface area contributed by atoms with Gasteiger partial charge in [-0.05, 0) is 31.8 Å². The highest BCUT2D eigenvalue weighted by atomic mass is 19.4. The van der Waals surface area contributed by atoms with Crippen LogP contribution in [-0.4, -0.2) is 68.3 Å². The summed E-state index contributed by atoms with van der Waals surface area (Å²) in [6.07, 6.45) is -2.44. The van der Waals surface area contributed by atoms with Crippen molar-refractivity contribution < 1.29 is 13.2 Å². The molecule has 0 aromatic rings. The number of rotatable bonds is 3. The number of guanidine groups is 1. The molecule has 0 aromatic heterocycles. The highest BCUT2D eigenvalue weighted by Gasteiger charge is 2.32. The van der Waals surface area contributed by atoms with Gasteiger partial charge in [-0.15, -0.1) is 0 Å². The van der Waals surface area contributed by atoms with E-state index in [2.05, 4.69) is 15.2 Å². The van der Waals surface area contributed by atoms with Crippen LogP contribution in [0, 0.1) is 5.92 Å². The standard InChI is InChI=1S/C12H21F3N4/c1-18-7-4-16-11(18)17-8-10-2-5-19(6-3-10)9-12(13,14)15/h10H,2-9H2,1H3,(H,16,17). The van der Waals surface area contributed by atoms with Crippen molar-refractivity contribution in [3.8, 4) is 0 Å². The number of likely N-dealkylation sites (tertiary alicyclic amines) is 1. The molecule has 2 rings (SSSR count). The first kappa shape index (κ1) is 14.4. The van der Waals surface area contributed by atoms with Gasteiger partial charge in [-0.1, -0.05) is 0 Å². The zero-order valence-electron chi connectivity index (χ0n) is 11.2. The molecule has 0 unspecified atom stereocenters. The average Bonchev–Trinajstić information content (AvgIpc) is 2.72. The van der Waals surface area contributed by atoms with Crippen molar-refractivity contribution in [2.24, 2.45) is 10.9 Å². The highest BCUT2D eigenvalue weighted by molar-refractivity contribution is 5.81. The Kier molecular flexibility index (Phi) is 4.54. The molecular weight excluding hydrogens is 257 g/mol. The van der Waals surface area contributed by atoms with Gasteiger partial charge in [-0.2, -0.15) is 13.2 Å². The summed E-state index contributed by atoms with van der Waals surface area (Å²) >= 11 is 0. The van der Waals surface area contributed by atoms with Crippen molar-refractivity contribution in [2.45, 2.75) is 19.0 Å². The van der Waals surface area contributed by atoms with Gasteiger partial charge in [0.05, 0.1) is 13.1 Å². The summed E-state index contributed by atoms with van der Waals surface area (Å²) in [6, 6.07) is 0. The average molecular weight is 278 g/mol. The number of aliphatic imine (C=N–C) groups is 1. The maximum Gasteiger partial charge on any atom is 0.401 e. The monoisotopic (exact) mass is 278 g/mol. The first-order valence-corrected chi connectivity index (χ1v) is 6.72. The number of hydrogen-bond acceptors (Lipinski definition) is 4. The zero-order valence-corrected chi connectivity index (χ0v) is 11.2. The molecule has 0 amide bonds. The summed E-state index contributed by atoms with van der Waals surface area (Å²) in [4.78, 5) is 7.90. The van der Waals surface area contributed by atoms with E-state index in [0.29, 0.717) is 19.0 Å². The Bertz CT molecular complexity index is 321. The van der Waals surface area contributed by atoms with Crippen molar-refractivity contribution >= 4 is 5.96 Å². The Morgan fingerprint density at radius 2 is 1.95 bits per heavy atom. The van der Waals surface area contributed by atoms with E-state index in [4.69, 9.17) is 0 Å². The van der Waals surface area contributed by atoms with Crippen LogP contribution in [0.2, 0.25) is 0 Å². The van der Waals surface area contributed by atoms with Gasteiger partial charge in [-0.3, -0.25) is 9.89 Å². The molecule has 0 spiro atoms. The summed E-state index contributed by atoms with van der Waals surface area (Å²) in [5.41, 5.74) is 0. The molecule has 0 atom stereocenters. The highest BCUT2D eigenvalue weighted by Crippen LogP contribution is 2.22. The minimum Gasteiger partial charge on any atom is -0.356 e. The number of piperidine rings is 1. The predicted molar refractivity (Wildman–Crippen MR) is 68.2 cm³/mol. The van der Waals surface area contributed by atoms with E-state index in [-0.39, 0.29) is 0 Å². The third-order valence-corrected chi connectivity index (χ3v) is 3.72. The molecule has 0 radical (unpaired) electrons. The number of nitrogens with zero attached hydrogens (tertiary/aromatic N) is 3. The van der Waals surface area contributed by atoms with E-state index in [1.807, 2.05) is 7.05 Å². The second-order valence-corrected chi connectivity index (χ2v) is 5.34. The van der Waals surface area contributed by atoms with E-state index in [0.717, 1.165) is 38.4 Å². The largest absolute Gasteiger partial charge is 0.401 e. The van der Waals surface area contributed by atoms with Crippen molar-refractivity contribution in [3.63, 3.8) is 0 Å². The maximum absolute atomic E-state index is 12.3. The lowest BCUT2D eigenvalue weighted by Crippen LogP contribution is -2.44. The maximum atomic E-state index is 12.3. The zero-order chi connectivity index (χ0) is 13.9. The molecule has 0 aliphatic carbocycles. The summed E-state index contributed by atoms with van der Waals surface area (Å²) < 4.78 is 36.8. The minimum absolute atomic E-state index is 0.446. The number of nitrogens with one attached hydrogen (secondary N) is 1. The molecule has 1 N–H and O–H groups in total. The third kappa shape index (κ3) is 4.56. The summed E-state index contributed by atoms with van der Waals surface area (Å²) in [5.74, 6) is 1.36. The van der Waals surface area contributed by atoms with Crippen molar-refractivity contribution in [3.05, 3.63) is 0 Å². The Labute approximate surface area is 111 Å². The Balaban J connectivity index is 1.66. The van der Waals surface area contributed by atoms with Crippen LogP contribution >= 0.6 is 0 Å². The van der Waals surface area contributed by atoms with Gasteiger partial charge in [0.2, 0.25) is 0 Å². The van der Waals surface area contributed by atoms with Crippen LogP contribution in [0.3, 0.4) is 0 Å². The Morgan fingerprint density at radius 1 is 1.26 bits per heavy atom. The molecule has 1 fully saturated rings. The topological polar surface area (TPSA) is 30.9 Å². The number of likely N-dealkylation sites (N-methyl/N-ethyl adjacent to an activating group) is 1. The molecular formula is C12H21F3N4. The van der Waals surface area contributed by atoms with Gasteiger partial charge in [0.15, 0.2) is 5.96 Å². The number of halogens is 3. The van der Waals surface area contributed by atoms with Crippen molar-refractivity contribution in [1.82, 2.24) is 15.1 Å². The lowest BCUT2D eigenvalue weighted by Gasteiger charge is -2.32. The third-order valence-electron chi connectivity index (χ3n) is 3.72. The summed E-state index contributed by atoms with van der Waals surface area (Å²) in [7, 11) is 1.99. The molecule has 0 saturated carbocycles. The molecule has 2 aliphatic heterocycles. The first-order chi connectivity index (χ1) is 8.94. The van der Waals surface area contributed by atoms with Gasteiger partial charge < -0.3 is 10.2 Å². The smallest absolute Gasteiger partial charge is 0.356 e. The van der Waals surface area contributed by atoms with Gasteiger partial charge in [0, 0.05) is 20.1 Å². The minimum atomic E-state index is -4.08. The molecule has 7 heteroatoms. The second-order valence-electron chi connectivity index (χ2n) is 5.34. The molecule has 0 bridgehead atoms. The first-order valence-electron chi connectivity index (χ1n) is 6.72. The lowest BCUT2D eigenvalue weighted by molar-refractivity contribution is -0.148. The predicted octanol–water partition coefficient (Wildman–Crippen LogP) is 1.15. The molecule has 1 saturated heterocycles. The molecule has 19 heavy (non-hydrogen) atoms. The fourth-order valence-electron chi connectivity index (χ4n) is 2.56. The molecule has 4 nitrogen and oxygen atoms in total. The van der Waals surface area contributed by atoms with E-state index in [1.165, 1.54) is 4.90 Å². The normalized spacial score (nSPS) is 22.7. The van der Waals surface area contributed by atoms with Crippen molar-refractivity contribution in [1.29, 1.82) is 0 Å². The van der Waals surface area contributed by atoms with Gasteiger partial charge >= 0.3 is 6.18 Å². The molecule has 110 valence electrons. The quantitative estimate of drug-likeness (QED) is 0.840. The molecule has 2 aliphatic rings. The van der Waals surface area contributed by atoms with Crippen LogP contribution in [0.5, 0.6) is 0 Å². The fourth-order valence-corrected chi connectivity index (χ4v) is 2.56. The van der Waals surface area contributed by atoms with Crippen LogP contribution in [0.25, 0.3) is 0 Å².